The SMILES string of the molecule is Cc1ccc(Cl)c(S(=O)(=O)N2CCCC(C(=O)O)C2)c1. The molecule has 1 aliphatic heterocycles. The van der Waals surface area contributed by atoms with Gasteiger partial charge in [0.15, 0.2) is 0 Å². The van der Waals surface area contributed by atoms with Crippen LogP contribution < -0.4 is 0 Å². The topological polar surface area (TPSA) is 74.7 Å². The van der Waals surface area contributed by atoms with E-state index in [-0.39, 0.29) is 16.5 Å². The summed E-state index contributed by atoms with van der Waals surface area (Å²) in [4.78, 5) is 11.1. The van der Waals surface area contributed by atoms with Gasteiger partial charge in [0.1, 0.15) is 4.90 Å². The van der Waals surface area contributed by atoms with Crippen molar-refractivity contribution in [3.8, 4) is 0 Å². The molecule has 0 saturated carbocycles. The first-order valence-corrected chi connectivity index (χ1v) is 8.13. The Bertz CT molecular complexity index is 629. The normalized spacial score (nSPS) is 20.8. The summed E-state index contributed by atoms with van der Waals surface area (Å²) in [6.07, 6.45) is 1.04. The lowest BCUT2D eigenvalue weighted by Gasteiger charge is -2.30. The maximum Gasteiger partial charge on any atom is 0.307 e. The van der Waals surface area contributed by atoms with E-state index in [1.54, 1.807) is 19.1 Å². The molecule has 0 amide bonds. The standard InChI is InChI=1S/C13H16ClNO4S/c1-9-4-5-11(14)12(7-9)20(18,19)15-6-2-3-10(8-15)13(16)17/h4-5,7,10H,2-3,6,8H2,1H3,(H,16,17). The van der Waals surface area contributed by atoms with E-state index in [1.165, 1.54) is 10.4 Å². The number of nitrogens with zero attached hydrogens (tertiary/aromatic N) is 1. The van der Waals surface area contributed by atoms with E-state index in [2.05, 4.69) is 0 Å². The van der Waals surface area contributed by atoms with Crippen LogP contribution in [0.15, 0.2) is 23.1 Å². The highest BCUT2D eigenvalue weighted by atomic mass is 35.5. The number of benzene rings is 1. The molecule has 1 aromatic rings. The van der Waals surface area contributed by atoms with Gasteiger partial charge in [-0.1, -0.05) is 17.7 Å². The number of rotatable bonds is 3. The number of piperidine rings is 1. The van der Waals surface area contributed by atoms with Crippen molar-refractivity contribution in [1.82, 2.24) is 4.31 Å². The van der Waals surface area contributed by atoms with Gasteiger partial charge in [0.25, 0.3) is 0 Å². The van der Waals surface area contributed by atoms with Gasteiger partial charge in [0.2, 0.25) is 10.0 Å². The molecular weight excluding hydrogens is 302 g/mol. The van der Waals surface area contributed by atoms with E-state index in [4.69, 9.17) is 16.7 Å². The molecule has 1 aromatic carbocycles. The lowest BCUT2D eigenvalue weighted by molar-refractivity contribution is -0.142. The number of halogens is 1. The molecule has 1 unspecified atom stereocenters. The number of aryl methyl sites for hydroxylation is 1. The van der Waals surface area contributed by atoms with Gasteiger partial charge in [0.05, 0.1) is 10.9 Å². The Balaban J connectivity index is 2.35. The Morgan fingerprint density at radius 2 is 2.15 bits per heavy atom. The van der Waals surface area contributed by atoms with Crippen LogP contribution in [0.4, 0.5) is 0 Å². The molecule has 0 bridgehead atoms. The van der Waals surface area contributed by atoms with E-state index >= 15 is 0 Å². The lowest BCUT2D eigenvalue weighted by Crippen LogP contribution is -2.42. The van der Waals surface area contributed by atoms with E-state index in [0.29, 0.717) is 19.4 Å². The summed E-state index contributed by atoms with van der Waals surface area (Å²) in [6.45, 7) is 2.12. The van der Waals surface area contributed by atoms with Crippen molar-refractivity contribution in [1.29, 1.82) is 0 Å². The van der Waals surface area contributed by atoms with Crippen molar-refractivity contribution in [2.75, 3.05) is 13.1 Å². The molecule has 0 aliphatic carbocycles. The van der Waals surface area contributed by atoms with E-state index in [0.717, 1.165) is 5.56 Å². The molecule has 5 nitrogen and oxygen atoms in total. The van der Waals surface area contributed by atoms with Crippen molar-refractivity contribution < 1.29 is 18.3 Å². The zero-order valence-corrected chi connectivity index (χ0v) is 12.6. The molecule has 0 radical (unpaired) electrons. The zero-order chi connectivity index (χ0) is 14.9. The summed E-state index contributed by atoms with van der Waals surface area (Å²) >= 11 is 5.98. The maximum absolute atomic E-state index is 12.6. The third-order valence-corrected chi connectivity index (χ3v) is 5.78. The quantitative estimate of drug-likeness (QED) is 0.926. The Morgan fingerprint density at radius 1 is 1.45 bits per heavy atom. The zero-order valence-electron chi connectivity index (χ0n) is 11.0. The van der Waals surface area contributed by atoms with Crippen LogP contribution in [0.1, 0.15) is 18.4 Å². The molecule has 110 valence electrons. The molecule has 20 heavy (non-hydrogen) atoms. The Morgan fingerprint density at radius 3 is 2.80 bits per heavy atom. The van der Waals surface area contributed by atoms with Crippen LogP contribution in [-0.4, -0.2) is 36.9 Å². The second kappa shape index (κ2) is 5.71. The van der Waals surface area contributed by atoms with Crippen LogP contribution >= 0.6 is 11.6 Å². The maximum atomic E-state index is 12.6. The highest BCUT2D eigenvalue weighted by Crippen LogP contribution is 2.29. The summed E-state index contributed by atoms with van der Waals surface area (Å²) in [6, 6.07) is 4.79. The smallest absolute Gasteiger partial charge is 0.307 e. The molecular formula is C13H16ClNO4S. The Kier molecular flexibility index (Phi) is 4.36. The van der Waals surface area contributed by atoms with Gasteiger partial charge in [-0.05, 0) is 37.5 Å². The summed E-state index contributed by atoms with van der Waals surface area (Å²) in [5.41, 5.74) is 0.791. The number of sulfonamides is 1. The minimum Gasteiger partial charge on any atom is -0.481 e. The van der Waals surface area contributed by atoms with Crippen LogP contribution in [0.2, 0.25) is 5.02 Å². The highest BCUT2D eigenvalue weighted by molar-refractivity contribution is 7.89. The van der Waals surface area contributed by atoms with Crippen LogP contribution in [0.3, 0.4) is 0 Å². The average molecular weight is 318 g/mol. The molecule has 0 spiro atoms. The Labute approximate surface area is 123 Å². The van der Waals surface area contributed by atoms with Gasteiger partial charge in [-0.25, -0.2) is 8.42 Å². The third kappa shape index (κ3) is 2.97. The molecule has 2 rings (SSSR count). The fourth-order valence-electron chi connectivity index (χ4n) is 2.31. The van der Waals surface area contributed by atoms with Crippen molar-refractivity contribution >= 4 is 27.6 Å². The van der Waals surface area contributed by atoms with Gasteiger partial charge in [-0.2, -0.15) is 4.31 Å². The summed E-state index contributed by atoms with van der Waals surface area (Å²) in [5.74, 6) is -1.61. The summed E-state index contributed by atoms with van der Waals surface area (Å²) in [7, 11) is -3.74. The number of aliphatic carboxylic acids is 1. The number of carboxylic acids is 1. The summed E-state index contributed by atoms with van der Waals surface area (Å²) < 4.78 is 26.4. The molecule has 1 saturated heterocycles. The van der Waals surface area contributed by atoms with Crippen LogP contribution in [0.25, 0.3) is 0 Å². The molecule has 7 heteroatoms. The second-order valence-corrected chi connectivity index (χ2v) is 7.29. The van der Waals surface area contributed by atoms with Crippen molar-refractivity contribution in [3.05, 3.63) is 28.8 Å². The van der Waals surface area contributed by atoms with Gasteiger partial charge >= 0.3 is 5.97 Å². The number of carbonyl (C=O) groups is 1. The van der Waals surface area contributed by atoms with Crippen molar-refractivity contribution in [2.45, 2.75) is 24.7 Å². The molecule has 1 atom stereocenters. The van der Waals surface area contributed by atoms with Gasteiger partial charge in [-0.3, -0.25) is 4.79 Å². The van der Waals surface area contributed by atoms with Crippen LogP contribution in [0.5, 0.6) is 0 Å². The van der Waals surface area contributed by atoms with E-state index in [9.17, 15) is 13.2 Å². The molecule has 1 heterocycles. The Hall–Kier alpha value is -1.11. The highest BCUT2D eigenvalue weighted by Gasteiger charge is 2.34. The van der Waals surface area contributed by atoms with Crippen molar-refractivity contribution in [3.63, 3.8) is 0 Å². The number of hydrogen-bond donors (Lipinski definition) is 1. The van der Waals surface area contributed by atoms with E-state index in [1.807, 2.05) is 0 Å². The molecule has 0 aromatic heterocycles. The fourth-order valence-corrected chi connectivity index (χ4v) is 4.39. The largest absolute Gasteiger partial charge is 0.481 e. The van der Waals surface area contributed by atoms with Gasteiger partial charge in [-0.15, -0.1) is 0 Å². The monoisotopic (exact) mass is 317 g/mol. The van der Waals surface area contributed by atoms with E-state index < -0.39 is 21.9 Å². The predicted molar refractivity (Wildman–Crippen MR) is 75.3 cm³/mol. The first kappa shape index (κ1) is 15.3. The molecule has 1 N–H and O–H groups in total. The molecule has 1 fully saturated rings. The fraction of sp³-hybridized carbons (Fsp3) is 0.462. The van der Waals surface area contributed by atoms with Crippen LogP contribution in [0, 0.1) is 12.8 Å². The first-order valence-electron chi connectivity index (χ1n) is 6.31. The van der Waals surface area contributed by atoms with Gasteiger partial charge in [0, 0.05) is 13.1 Å². The minimum absolute atomic E-state index is 0.00192. The van der Waals surface area contributed by atoms with Crippen LogP contribution in [-0.2, 0) is 14.8 Å². The molecule has 1 aliphatic rings. The second-order valence-electron chi connectivity index (χ2n) is 4.97. The number of carboxylic acid groups (broad SMARTS) is 1. The first-order chi connectivity index (χ1) is 9.32. The lowest BCUT2D eigenvalue weighted by atomic mass is 10.0. The predicted octanol–water partition coefficient (Wildman–Crippen LogP) is 2.13. The summed E-state index contributed by atoms with van der Waals surface area (Å²) in [5, 5.41) is 9.20. The van der Waals surface area contributed by atoms with Gasteiger partial charge < -0.3 is 5.11 Å². The average Bonchev–Trinajstić information content (AvgIpc) is 2.41. The third-order valence-electron chi connectivity index (χ3n) is 3.44. The minimum atomic E-state index is -3.74. The van der Waals surface area contributed by atoms with Crippen molar-refractivity contribution in [2.24, 2.45) is 5.92 Å². The number of hydrogen-bond acceptors (Lipinski definition) is 3.